The normalized spacial score (nSPS) is 13.5. The molecule has 24 heavy (non-hydrogen) atoms. The van der Waals surface area contributed by atoms with Crippen molar-refractivity contribution in [2.75, 3.05) is 0 Å². The van der Waals surface area contributed by atoms with Gasteiger partial charge in [-0.1, -0.05) is 30.3 Å². The van der Waals surface area contributed by atoms with Crippen molar-refractivity contribution in [3.8, 4) is 0 Å². The molecule has 0 radical (unpaired) electrons. The van der Waals surface area contributed by atoms with Crippen LogP contribution in [0.1, 0.15) is 33.3 Å². The van der Waals surface area contributed by atoms with Gasteiger partial charge in [-0.05, 0) is 33.3 Å². The molecular weight excluding hydrogens is 312 g/mol. The molecule has 0 aliphatic heterocycles. The molecule has 1 aromatic carbocycles. The Labute approximate surface area is 141 Å². The fourth-order valence-electron chi connectivity index (χ4n) is 1.85. The lowest BCUT2D eigenvalue weighted by Crippen LogP contribution is -2.52. The molecule has 0 fully saturated rings. The highest BCUT2D eigenvalue weighted by Crippen LogP contribution is 2.08. The second kappa shape index (κ2) is 8.33. The van der Waals surface area contributed by atoms with E-state index in [1.54, 1.807) is 20.8 Å². The van der Waals surface area contributed by atoms with E-state index in [4.69, 9.17) is 9.84 Å². The SMILES string of the molecule is CC(C(=O)O)C(=O)NC(Cc1ccccc1)NC(=O)OC(C)(C)C. The Kier molecular flexibility index (Phi) is 6.76. The topological polar surface area (TPSA) is 105 Å². The molecule has 0 spiro atoms. The Balaban J connectivity index is 2.81. The van der Waals surface area contributed by atoms with Crippen LogP contribution < -0.4 is 10.6 Å². The summed E-state index contributed by atoms with van der Waals surface area (Å²) in [7, 11) is 0. The lowest BCUT2D eigenvalue weighted by Gasteiger charge is -2.25. The Morgan fingerprint density at radius 1 is 1.12 bits per heavy atom. The maximum absolute atomic E-state index is 12.0. The van der Waals surface area contributed by atoms with Crippen molar-refractivity contribution in [2.24, 2.45) is 5.92 Å². The van der Waals surface area contributed by atoms with Gasteiger partial charge >= 0.3 is 12.1 Å². The first-order valence-corrected chi connectivity index (χ1v) is 7.65. The summed E-state index contributed by atoms with van der Waals surface area (Å²) in [5, 5.41) is 14.0. The number of ether oxygens (including phenoxy) is 1. The zero-order valence-electron chi connectivity index (χ0n) is 14.3. The van der Waals surface area contributed by atoms with Crippen LogP contribution in [-0.4, -0.2) is 34.8 Å². The number of hydrogen-bond donors (Lipinski definition) is 3. The minimum Gasteiger partial charge on any atom is -0.481 e. The Bertz CT molecular complexity index is 580. The van der Waals surface area contributed by atoms with E-state index in [9.17, 15) is 14.4 Å². The standard InChI is InChI=1S/C17H24N2O5/c1-11(15(21)22)14(20)18-13(10-12-8-6-5-7-9-12)19-16(23)24-17(2,3)4/h5-9,11,13H,10H2,1-4H3,(H,18,20)(H,19,23)(H,21,22). The molecule has 1 aromatic rings. The number of hydrogen-bond acceptors (Lipinski definition) is 4. The third-order valence-electron chi connectivity index (χ3n) is 3.05. The van der Waals surface area contributed by atoms with Crippen LogP contribution in [0.3, 0.4) is 0 Å². The minimum absolute atomic E-state index is 0.304. The number of carbonyl (C=O) groups excluding carboxylic acids is 2. The van der Waals surface area contributed by atoms with Gasteiger partial charge < -0.3 is 20.5 Å². The van der Waals surface area contributed by atoms with E-state index in [0.29, 0.717) is 6.42 Å². The largest absolute Gasteiger partial charge is 0.481 e. The van der Waals surface area contributed by atoms with E-state index < -0.39 is 35.7 Å². The van der Waals surface area contributed by atoms with Crippen molar-refractivity contribution in [1.82, 2.24) is 10.6 Å². The van der Waals surface area contributed by atoms with Crippen molar-refractivity contribution in [3.05, 3.63) is 35.9 Å². The van der Waals surface area contributed by atoms with E-state index in [-0.39, 0.29) is 0 Å². The van der Waals surface area contributed by atoms with Gasteiger partial charge in [-0.2, -0.15) is 0 Å². The van der Waals surface area contributed by atoms with Crippen LogP contribution in [0.4, 0.5) is 4.79 Å². The molecule has 7 heteroatoms. The van der Waals surface area contributed by atoms with Crippen LogP contribution in [0.5, 0.6) is 0 Å². The Morgan fingerprint density at radius 3 is 2.21 bits per heavy atom. The second-order valence-electron chi connectivity index (χ2n) is 6.46. The number of carboxylic acids is 1. The Hall–Kier alpha value is -2.57. The summed E-state index contributed by atoms with van der Waals surface area (Å²) in [5.41, 5.74) is 0.196. The van der Waals surface area contributed by atoms with Crippen LogP contribution in [0.15, 0.2) is 30.3 Å². The molecule has 2 amide bonds. The van der Waals surface area contributed by atoms with Gasteiger partial charge in [0.25, 0.3) is 0 Å². The lowest BCUT2D eigenvalue weighted by molar-refractivity contribution is -0.146. The summed E-state index contributed by atoms with van der Waals surface area (Å²) >= 11 is 0. The molecule has 0 aliphatic carbocycles. The molecule has 0 heterocycles. The number of amides is 2. The molecule has 0 saturated heterocycles. The van der Waals surface area contributed by atoms with Crippen molar-refractivity contribution >= 4 is 18.0 Å². The smallest absolute Gasteiger partial charge is 0.409 e. The van der Waals surface area contributed by atoms with Gasteiger partial charge in [0.15, 0.2) is 0 Å². The molecule has 2 atom stereocenters. The van der Waals surface area contributed by atoms with E-state index >= 15 is 0 Å². The summed E-state index contributed by atoms with van der Waals surface area (Å²) in [4.78, 5) is 34.8. The summed E-state index contributed by atoms with van der Waals surface area (Å²) in [5.74, 6) is -3.13. The fourth-order valence-corrected chi connectivity index (χ4v) is 1.85. The Morgan fingerprint density at radius 2 is 1.71 bits per heavy atom. The average Bonchev–Trinajstić information content (AvgIpc) is 2.45. The maximum Gasteiger partial charge on any atom is 0.409 e. The molecule has 0 aromatic heterocycles. The summed E-state index contributed by atoms with van der Waals surface area (Å²) in [6.07, 6.45) is -1.17. The van der Waals surface area contributed by atoms with E-state index in [2.05, 4.69) is 10.6 Å². The van der Waals surface area contributed by atoms with Gasteiger partial charge in [0.05, 0.1) is 0 Å². The van der Waals surface area contributed by atoms with Crippen molar-refractivity contribution in [3.63, 3.8) is 0 Å². The monoisotopic (exact) mass is 336 g/mol. The van der Waals surface area contributed by atoms with Crippen LogP contribution in [0, 0.1) is 5.92 Å². The van der Waals surface area contributed by atoms with Gasteiger partial charge in [0.1, 0.15) is 17.7 Å². The number of nitrogens with one attached hydrogen (secondary N) is 2. The number of rotatable bonds is 6. The predicted molar refractivity (Wildman–Crippen MR) is 88.2 cm³/mol. The fraction of sp³-hybridized carbons (Fsp3) is 0.471. The van der Waals surface area contributed by atoms with Crippen molar-refractivity contribution in [2.45, 2.75) is 45.9 Å². The van der Waals surface area contributed by atoms with Crippen molar-refractivity contribution < 1.29 is 24.2 Å². The summed E-state index contributed by atoms with van der Waals surface area (Å²) in [6.45, 7) is 6.46. The van der Waals surface area contributed by atoms with Crippen LogP contribution in [0.25, 0.3) is 0 Å². The number of benzene rings is 1. The molecule has 0 aliphatic rings. The first-order chi connectivity index (χ1) is 11.1. The predicted octanol–water partition coefficient (Wildman–Crippen LogP) is 1.92. The first-order valence-electron chi connectivity index (χ1n) is 7.65. The maximum atomic E-state index is 12.0. The minimum atomic E-state index is -1.23. The van der Waals surface area contributed by atoms with Gasteiger partial charge in [-0.25, -0.2) is 4.79 Å². The summed E-state index contributed by atoms with van der Waals surface area (Å²) in [6, 6.07) is 9.21. The van der Waals surface area contributed by atoms with E-state index in [1.165, 1.54) is 6.92 Å². The van der Waals surface area contributed by atoms with Gasteiger partial charge in [-0.3, -0.25) is 9.59 Å². The highest BCUT2D eigenvalue weighted by molar-refractivity contribution is 5.96. The molecule has 1 rings (SSSR count). The third-order valence-corrected chi connectivity index (χ3v) is 3.05. The van der Waals surface area contributed by atoms with Crippen LogP contribution in [-0.2, 0) is 20.7 Å². The number of alkyl carbamates (subject to hydrolysis) is 1. The molecule has 0 bridgehead atoms. The molecule has 3 N–H and O–H groups in total. The molecule has 0 saturated carbocycles. The number of carboxylic acid groups (broad SMARTS) is 1. The van der Waals surface area contributed by atoms with Gasteiger partial charge in [0.2, 0.25) is 5.91 Å². The average molecular weight is 336 g/mol. The highest BCUT2D eigenvalue weighted by atomic mass is 16.6. The highest BCUT2D eigenvalue weighted by Gasteiger charge is 2.25. The summed E-state index contributed by atoms with van der Waals surface area (Å²) < 4.78 is 5.18. The zero-order chi connectivity index (χ0) is 18.3. The molecule has 2 unspecified atom stereocenters. The number of aliphatic carboxylic acids is 1. The van der Waals surface area contributed by atoms with Gasteiger partial charge in [0, 0.05) is 6.42 Å². The molecular formula is C17H24N2O5. The molecule has 132 valence electrons. The van der Waals surface area contributed by atoms with Crippen LogP contribution >= 0.6 is 0 Å². The number of carbonyl (C=O) groups is 3. The van der Waals surface area contributed by atoms with E-state index in [0.717, 1.165) is 5.56 Å². The van der Waals surface area contributed by atoms with Gasteiger partial charge in [-0.15, -0.1) is 0 Å². The zero-order valence-corrected chi connectivity index (χ0v) is 14.3. The van der Waals surface area contributed by atoms with E-state index in [1.807, 2.05) is 30.3 Å². The van der Waals surface area contributed by atoms with Crippen molar-refractivity contribution in [1.29, 1.82) is 0 Å². The second-order valence-corrected chi connectivity index (χ2v) is 6.46. The molecule has 7 nitrogen and oxygen atoms in total. The third kappa shape index (κ3) is 7.13. The quantitative estimate of drug-likeness (QED) is 0.544. The van der Waals surface area contributed by atoms with Crippen LogP contribution in [0.2, 0.25) is 0 Å². The lowest BCUT2D eigenvalue weighted by atomic mass is 10.1. The first kappa shape index (κ1) is 19.5.